The van der Waals surface area contributed by atoms with E-state index in [0.29, 0.717) is 16.3 Å². The summed E-state index contributed by atoms with van der Waals surface area (Å²) in [7, 11) is 0. The van der Waals surface area contributed by atoms with Gasteiger partial charge in [0.2, 0.25) is 0 Å². The van der Waals surface area contributed by atoms with Gasteiger partial charge in [-0.2, -0.15) is 0 Å². The van der Waals surface area contributed by atoms with Crippen molar-refractivity contribution >= 4 is 17.9 Å². The molecule has 2 nitrogen and oxygen atoms in total. The molecule has 0 heterocycles. The van der Waals surface area contributed by atoms with Crippen LogP contribution in [0.25, 0.3) is 0 Å². The average molecular weight is 199 g/mol. The standard InChI is InChI=1S/C10H11ClO2/c1-7(2)13-9-4-3-8(6-12)10(11)5-9/h3-7H,1-2H3. The lowest BCUT2D eigenvalue weighted by Gasteiger charge is -2.09. The Kier molecular flexibility index (Phi) is 3.32. The Morgan fingerprint density at radius 3 is 2.62 bits per heavy atom. The van der Waals surface area contributed by atoms with Gasteiger partial charge in [0.15, 0.2) is 6.29 Å². The zero-order chi connectivity index (χ0) is 9.84. The van der Waals surface area contributed by atoms with Crippen LogP contribution < -0.4 is 4.74 Å². The normalized spacial score (nSPS) is 10.2. The molecule has 1 rings (SSSR count). The maximum absolute atomic E-state index is 10.4. The molecule has 0 aromatic heterocycles. The van der Waals surface area contributed by atoms with E-state index >= 15 is 0 Å². The number of ether oxygens (including phenoxy) is 1. The average Bonchev–Trinajstić information content (AvgIpc) is 2.03. The third-order valence-electron chi connectivity index (χ3n) is 1.47. The first-order chi connectivity index (χ1) is 6.13. The van der Waals surface area contributed by atoms with E-state index in [-0.39, 0.29) is 6.10 Å². The number of hydrogen-bond donors (Lipinski definition) is 0. The second kappa shape index (κ2) is 4.28. The highest BCUT2D eigenvalue weighted by Crippen LogP contribution is 2.21. The Labute approximate surface area is 82.5 Å². The van der Waals surface area contributed by atoms with Gasteiger partial charge in [-0.1, -0.05) is 11.6 Å². The van der Waals surface area contributed by atoms with Crippen molar-refractivity contribution in [1.29, 1.82) is 0 Å². The first-order valence-electron chi connectivity index (χ1n) is 4.05. The van der Waals surface area contributed by atoms with Crippen molar-refractivity contribution in [3.63, 3.8) is 0 Å². The molecule has 0 atom stereocenters. The number of rotatable bonds is 3. The third-order valence-corrected chi connectivity index (χ3v) is 1.80. The SMILES string of the molecule is CC(C)Oc1ccc(C=O)c(Cl)c1. The van der Waals surface area contributed by atoms with Crippen LogP contribution in [0.2, 0.25) is 5.02 Å². The Bertz CT molecular complexity index is 308. The molecule has 0 aliphatic rings. The summed E-state index contributed by atoms with van der Waals surface area (Å²) in [5.41, 5.74) is 0.484. The lowest BCUT2D eigenvalue weighted by molar-refractivity contribution is 0.112. The summed E-state index contributed by atoms with van der Waals surface area (Å²) < 4.78 is 5.39. The molecule has 0 unspecified atom stereocenters. The molecule has 1 aromatic rings. The molecule has 0 fully saturated rings. The van der Waals surface area contributed by atoms with Gasteiger partial charge in [-0.25, -0.2) is 0 Å². The maximum Gasteiger partial charge on any atom is 0.151 e. The van der Waals surface area contributed by atoms with Crippen LogP contribution in [0.5, 0.6) is 5.75 Å². The van der Waals surface area contributed by atoms with E-state index in [9.17, 15) is 4.79 Å². The first kappa shape index (κ1) is 10.1. The molecule has 0 saturated carbocycles. The molecular formula is C10H11ClO2. The van der Waals surface area contributed by atoms with Gasteiger partial charge in [0.25, 0.3) is 0 Å². The Balaban J connectivity index is 2.89. The van der Waals surface area contributed by atoms with E-state index < -0.39 is 0 Å². The quantitative estimate of drug-likeness (QED) is 0.698. The topological polar surface area (TPSA) is 26.3 Å². The molecule has 0 radical (unpaired) electrons. The summed E-state index contributed by atoms with van der Waals surface area (Å²) in [6.45, 7) is 3.86. The van der Waals surface area contributed by atoms with E-state index in [1.807, 2.05) is 13.8 Å². The van der Waals surface area contributed by atoms with Crippen LogP contribution in [-0.2, 0) is 0 Å². The zero-order valence-corrected chi connectivity index (χ0v) is 8.34. The number of carbonyl (C=O) groups is 1. The predicted molar refractivity (Wildman–Crippen MR) is 52.6 cm³/mol. The van der Waals surface area contributed by atoms with Gasteiger partial charge in [0.05, 0.1) is 11.1 Å². The maximum atomic E-state index is 10.4. The van der Waals surface area contributed by atoms with Crippen molar-refractivity contribution in [2.24, 2.45) is 0 Å². The Morgan fingerprint density at radius 1 is 1.46 bits per heavy atom. The monoisotopic (exact) mass is 198 g/mol. The number of halogens is 1. The Morgan fingerprint density at radius 2 is 2.15 bits per heavy atom. The fourth-order valence-electron chi connectivity index (χ4n) is 0.949. The summed E-state index contributed by atoms with van der Waals surface area (Å²) >= 11 is 5.80. The summed E-state index contributed by atoms with van der Waals surface area (Å²) in [6, 6.07) is 5.02. The van der Waals surface area contributed by atoms with Gasteiger partial charge >= 0.3 is 0 Å². The van der Waals surface area contributed by atoms with Crippen LogP contribution in [0.1, 0.15) is 24.2 Å². The summed E-state index contributed by atoms with van der Waals surface area (Å²) in [5.74, 6) is 0.686. The van der Waals surface area contributed by atoms with E-state index in [1.54, 1.807) is 18.2 Å². The second-order valence-electron chi connectivity index (χ2n) is 2.97. The van der Waals surface area contributed by atoms with Gasteiger partial charge < -0.3 is 4.74 Å². The van der Waals surface area contributed by atoms with Gasteiger partial charge in [0, 0.05) is 5.56 Å². The first-order valence-corrected chi connectivity index (χ1v) is 4.42. The van der Waals surface area contributed by atoms with Crippen molar-refractivity contribution in [1.82, 2.24) is 0 Å². The van der Waals surface area contributed by atoms with Crippen molar-refractivity contribution in [2.45, 2.75) is 20.0 Å². The fourth-order valence-corrected chi connectivity index (χ4v) is 1.16. The highest BCUT2D eigenvalue weighted by atomic mass is 35.5. The highest BCUT2D eigenvalue weighted by Gasteiger charge is 2.02. The summed E-state index contributed by atoms with van der Waals surface area (Å²) in [4.78, 5) is 10.4. The van der Waals surface area contributed by atoms with Crippen LogP contribution in [0.15, 0.2) is 18.2 Å². The van der Waals surface area contributed by atoms with Crippen LogP contribution in [0.3, 0.4) is 0 Å². The molecule has 0 aliphatic carbocycles. The molecule has 0 saturated heterocycles. The fraction of sp³-hybridized carbons (Fsp3) is 0.300. The number of aldehydes is 1. The minimum atomic E-state index is 0.109. The van der Waals surface area contributed by atoms with Gasteiger partial charge in [0.1, 0.15) is 5.75 Å². The molecule has 0 N–H and O–H groups in total. The second-order valence-corrected chi connectivity index (χ2v) is 3.37. The van der Waals surface area contributed by atoms with E-state index in [0.717, 1.165) is 6.29 Å². The minimum absolute atomic E-state index is 0.109. The summed E-state index contributed by atoms with van der Waals surface area (Å²) in [6.07, 6.45) is 0.833. The van der Waals surface area contributed by atoms with E-state index in [4.69, 9.17) is 16.3 Å². The largest absolute Gasteiger partial charge is 0.491 e. The lowest BCUT2D eigenvalue weighted by atomic mass is 10.2. The van der Waals surface area contributed by atoms with Crippen molar-refractivity contribution < 1.29 is 9.53 Å². The molecule has 70 valence electrons. The molecular weight excluding hydrogens is 188 g/mol. The Hall–Kier alpha value is -1.02. The number of carbonyl (C=O) groups excluding carboxylic acids is 1. The van der Waals surface area contributed by atoms with Gasteiger partial charge in [-0.3, -0.25) is 4.79 Å². The molecule has 3 heteroatoms. The zero-order valence-electron chi connectivity index (χ0n) is 7.58. The molecule has 0 amide bonds. The van der Waals surface area contributed by atoms with Crippen molar-refractivity contribution in [3.05, 3.63) is 28.8 Å². The minimum Gasteiger partial charge on any atom is -0.491 e. The molecule has 0 spiro atoms. The van der Waals surface area contributed by atoms with E-state index in [2.05, 4.69) is 0 Å². The van der Waals surface area contributed by atoms with E-state index in [1.165, 1.54) is 0 Å². The molecule has 13 heavy (non-hydrogen) atoms. The number of hydrogen-bond acceptors (Lipinski definition) is 2. The molecule has 0 bridgehead atoms. The van der Waals surface area contributed by atoms with Crippen LogP contribution in [0.4, 0.5) is 0 Å². The van der Waals surface area contributed by atoms with Gasteiger partial charge in [-0.05, 0) is 32.0 Å². The predicted octanol–water partition coefficient (Wildman–Crippen LogP) is 2.94. The molecule has 0 aliphatic heterocycles. The van der Waals surface area contributed by atoms with Crippen molar-refractivity contribution in [2.75, 3.05) is 0 Å². The van der Waals surface area contributed by atoms with Gasteiger partial charge in [-0.15, -0.1) is 0 Å². The van der Waals surface area contributed by atoms with Crippen LogP contribution >= 0.6 is 11.6 Å². The number of benzene rings is 1. The smallest absolute Gasteiger partial charge is 0.151 e. The van der Waals surface area contributed by atoms with Crippen LogP contribution in [0, 0.1) is 0 Å². The lowest BCUT2D eigenvalue weighted by Crippen LogP contribution is -2.05. The molecule has 1 aromatic carbocycles. The highest BCUT2D eigenvalue weighted by molar-refractivity contribution is 6.33. The third kappa shape index (κ3) is 2.74. The van der Waals surface area contributed by atoms with Crippen molar-refractivity contribution in [3.8, 4) is 5.75 Å². The summed E-state index contributed by atoms with van der Waals surface area (Å²) in [5, 5.41) is 0.424. The van der Waals surface area contributed by atoms with Crippen LogP contribution in [-0.4, -0.2) is 12.4 Å².